The molecular weight excluding hydrogens is 270 g/mol. The van der Waals surface area contributed by atoms with Crippen LogP contribution >= 0.6 is 11.6 Å². The summed E-state index contributed by atoms with van der Waals surface area (Å²) in [6.07, 6.45) is 2.44. The van der Waals surface area contributed by atoms with Crippen molar-refractivity contribution in [1.29, 1.82) is 0 Å². The molecule has 1 saturated heterocycles. The Morgan fingerprint density at radius 2 is 2.00 bits per heavy atom. The van der Waals surface area contributed by atoms with Crippen LogP contribution in [0.2, 0.25) is 5.02 Å². The lowest BCUT2D eigenvalue weighted by Crippen LogP contribution is -2.42. The maximum atomic E-state index is 6.19. The third-order valence-corrected chi connectivity index (χ3v) is 4.38. The Hall–Kier alpha value is -0.770. The second-order valence-corrected chi connectivity index (χ2v) is 6.17. The van der Waals surface area contributed by atoms with Crippen LogP contribution in [-0.4, -0.2) is 44.7 Å². The van der Waals surface area contributed by atoms with Gasteiger partial charge in [0.15, 0.2) is 0 Å². The van der Waals surface area contributed by atoms with Crippen molar-refractivity contribution in [3.63, 3.8) is 0 Å². The fraction of sp³-hybridized carbons (Fsp3) is 0.625. The first kappa shape index (κ1) is 15.6. The van der Waals surface area contributed by atoms with E-state index in [0.717, 1.165) is 31.2 Å². The molecule has 0 unspecified atom stereocenters. The van der Waals surface area contributed by atoms with Gasteiger partial charge in [0.25, 0.3) is 0 Å². The van der Waals surface area contributed by atoms with Crippen molar-refractivity contribution in [3.05, 3.63) is 28.8 Å². The van der Waals surface area contributed by atoms with Gasteiger partial charge in [0.1, 0.15) is 0 Å². The number of hydrogen-bond acceptors (Lipinski definition) is 3. The van der Waals surface area contributed by atoms with E-state index in [4.69, 9.17) is 11.6 Å². The minimum Gasteiger partial charge on any atom is -0.371 e. The van der Waals surface area contributed by atoms with Crippen molar-refractivity contribution < 1.29 is 0 Å². The lowest BCUT2D eigenvalue weighted by atomic mass is 10.0. The Morgan fingerprint density at radius 1 is 1.30 bits per heavy atom. The number of hydrogen-bond donors (Lipinski definition) is 1. The molecule has 0 aromatic heterocycles. The predicted molar refractivity (Wildman–Crippen MR) is 87.8 cm³/mol. The molecule has 1 fully saturated rings. The lowest BCUT2D eigenvalue weighted by Gasteiger charge is -2.37. The van der Waals surface area contributed by atoms with Gasteiger partial charge in [0.2, 0.25) is 0 Å². The van der Waals surface area contributed by atoms with Crippen molar-refractivity contribution in [2.24, 2.45) is 0 Å². The van der Waals surface area contributed by atoms with Crippen molar-refractivity contribution in [1.82, 2.24) is 10.2 Å². The second kappa shape index (κ2) is 7.30. The van der Waals surface area contributed by atoms with E-state index in [1.54, 1.807) is 0 Å². The van der Waals surface area contributed by atoms with E-state index in [0.29, 0.717) is 6.04 Å². The molecule has 0 bridgehead atoms. The highest BCUT2D eigenvalue weighted by Gasteiger charge is 2.22. The smallest absolute Gasteiger partial charge is 0.0426 e. The number of anilines is 1. The van der Waals surface area contributed by atoms with Crippen molar-refractivity contribution in [2.45, 2.75) is 32.4 Å². The number of piperidine rings is 1. The summed E-state index contributed by atoms with van der Waals surface area (Å²) < 4.78 is 0. The Kier molecular flexibility index (Phi) is 5.70. The molecule has 112 valence electrons. The highest BCUT2D eigenvalue weighted by molar-refractivity contribution is 6.30. The summed E-state index contributed by atoms with van der Waals surface area (Å²) >= 11 is 6.19. The largest absolute Gasteiger partial charge is 0.371 e. The molecular formula is C16H26ClN3. The first-order chi connectivity index (χ1) is 9.61. The van der Waals surface area contributed by atoms with E-state index in [1.165, 1.54) is 24.1 Å². The number of nitrogens with zero attached hydrogens (tertiary/aromatic N) is 2. The zero-order valence-electron chi connectivity index (χ0n) is 12.8. The summed E-state index contributed by atoms with van der Waals surface area (Å²) in [4.78, 5) is 4.83. The fourth-order valence-electron chi connectivity index (χ4n) is 2.86. The normalized spacial score (nSPS) is 16.9. The molecule has 0 amide bonds. The summed E-state index contributed by atoms with van der Waals surface area (Å²) in [7, 11) is 4.35. The zero-order valence-corrected chi connectivity index (χ0v) is 13.6. The van der Waals surface area contributed by atoms with Gasteiger partial charge in [-0.05, 0) is 51.2 Å². The molecule has 1 heterocycles. The molecule has 4 heteroatoms. The Bertz CT molecular complexity index is 426. The highest BCUT2D eigenvalue weighted by atomic mass is 35.5. The van der Waals surface area contributed by atoms with Crippen LogP contribution in [0.4, 0.5) is 5.69 Å². The molecule has 20 heavy (non-hydrogen) atoms. The number of rotatable bonds is 5. The molecule has 1 aromatic carbocycles. The third-order valence-electron chi connectivity index (χ3n) is 4.15. The average Bonchev–Trinajstić information content (AvgIpc) is 2.46. The maximum Gasteiger partial charge on any atom is 0.0426 e. The Morgan fingerprint density at radius 3 is 2.60 bits per heavy atom. The van der Waals surface area contributed by atoms with Crippen molar-refractivity contribution in [3.8, 4) is 0 Å². The molecule has 0 spiro atoms. The van der Waals surface area contributed by atoms with E-state index < -0.39 is 0 Å². The van der Waals surface area contributed by atoms with Gasteiger partial charge in [-0.3, -0.25) is 0 Å². The first-order valence-corrected chi connectivity index (χ1v) is 7.90. The van der Waals surface area contributed by atoms with Gasteiger partial charge in [-0.25, -0.2) is 0 Å². The topological polar surface area (TPSA) is 18.5 Å². The summed E-state index contributed by atoms with van der Waals surface area (Å²) in [5, 5.41) is 4.24. The van der Waals surface area contributed by atoms with E-state index in [1.807, 2.05) is 6.07 Å². The van der Waals surface area contributed by atoms with Gasteiger partial charge in [-0.15, -0.1) is 0 Å². The Balaban J connectivity index is 2.09. The molecule has 1 aliphatic rings. The molecule has 2 rings (SSSR count). The van der Waals surface area contributed by atoms with Crippen LogP contribution in [-0.2, 0) is 6.54 Å². The van der Waals surface area contributed by atoms with E-state index in [-0.39, 0.29) is 0 Å². The average molecular weight is 296 g/mol. The van der Waals surface area contributed by atoms with E-state index >= 15 is 0 Å². The maximum absolute atomic E-state index is 6.19. The molecule has 3 nitrogen and oxygen atoms in total. The summed E-state index contributed by atoms with van der Waals surface area (Å²) in [5.41, 5.74) is 2.65. The first-order valence-electron chi connectivity index (χ1n) is 7.52. The van der Waals surface area contributed by atoms with Gasteiger partial charge >= 0.3 is 0 Å². The van der Waals surface area contributed by atoms with Gasteiger partial charge in [-0.1, -0.05) is 24.6 Å². The number of benzene rings is 1. The summed E-state index contributed by atoms with van der Waals surface area (Å²) in [6.45, 7) is 6.27. The van der Waals surface area contributed by atoms with Crippen LogP contribution < -0.4 is 10.2 Å². The van der Waals surface area contributed by atoms with Crippen LogP contribution in [0.15, 0.2) is 18.2 Å². The number of nitrogens with one attached hydrogen (secondary N) is 1. The van der Waals surface area contributed by atoms with E-state index in [2.05, 4.69) is 48.3 Å². The SMILES string of the molecule is CCNCc1ccc(Cl)cc1N1CCC(N(C)C)CC1. The number of halogens is 1. The van der Waals surface area contributed by atoms with Gasteiger partial charge in [0.05, 0.1) is 0 Å². The predicted octanol–water partition coefficient (Wildman–Crippen LogP) is 2.98. The quantitative estimate of drug-likeness (QED) is 0.901. The molecule has 0 aliphatic carbocycles. The van der Waals surface area contributed by atoms with Crippen LogP contribution in [0.25, 0.3) is 0 Å². The second-order valence-electron chi connectivity index (χ2n) is 5.74. The van der Waals surface area contributed by atoms with Crippen LogP contribution in [0.5, 0.6) is 0 Å². The molecule has 1 aromatic rings. The minimum absolute atomic E-state index is 0.711. The summed E-state index contributed by atoms with van der Waals surface area (Å²) in [5.74, 6) is 0. The zero-order chi connectivity index (χ0) is 14.5. The third kappa shape index (κ3) is 3.87. The van der Waals surface area contributed by atoms with Crippen LogP contribution in [0.3, 0.4) is 0 Å². The van der Waals surface area contributed by atoms with Gasteiger partial charge < -0.3 is 15.1 Å². The molecule has 1 N–H and O–H groups in total. The highest BCUT2D eigenvalue weighted by Crippen LogP contribution is 2.28. The van der Waals surface area contributed by atoms with Crippen molar-refractivity contribution >= 4 is 17.3 Å². The van der Waals surface area contributed by atoms with Crippen LogP contribution in [0, 0.1) is 0 Å². The fourth-order valence-corrected chi connectivity index (χ4v) is 3.03. The monoisotopic (exact) mass is 295 g/mol. The molecule has 1 aliphatic heterocycles. The van der Waals surface area contributed by atoms with Crippen molar-refractivity contribution in [2.75, 3.05) is 38.6 Å². The molecule has 0 atom stereocenters. The standard InChI is InChI=1S/C16H26ClN3/c1-4-18-12-13-5-6-14(17)11-16(13)20-9-7-15(8-10-20)19(2)3/h5-6,11,15,18H,4,7-10,12H2,1-3H3. The van der Waals surface area contributed by atoms with Gasteiger partial charge in [-0.2, -0.15) is 0 Å². The van der Waals surface area contributed by atoms with Crippen LogP contribution in [0.1, 0.15) is 25.3 Å². The minimum atomic E-state index is 0.711. The van der Waals surface area contributed by atoms with E-state index in [9.17, 15) is 0 Å². The summed E-state index contributed by atoms with van der Waals surface area (Å²) in [6, 6.07) is 6.97. The Labute approximate surface area is 127 Å². The molecule has 0 saturated carbocycles. The lowest BCUT2D eigenvalue weighted by molar-refractivity contribution is 0.249. The molecule has 0 radical (unpaired) electrons. The van der Waals surface area contributed by atoms with Gasteiger partial charge in [0, 0.05) is 36.4 Å².